The number of amides is 1. The number of aromatic nitrogens is 1. The van der Waals surface area contributed by atoms with E-state index in [1.165, 1.54) is 18.3 Å². The molecule has 3 rings (SSSR count). The molecule has 5 N–H and O–H groups in total. The molecule has 1 aliphatic carbocycles. The molecule has 1 aromatic rings. The summed E-state index contributed by atoms with van der Waals surface area (Å²) in [6.45, 7) is -0.583. The minimum Gasteiger partial charge on any atom is -0.397 e. The zero-order valence-electron chi connectivity index (χ0n) is 14.5. The number of halogens is 4. The van der Waals surface area contributed by atoms with Gasteiger partial charge in [-0.25, -0.2) is 18.2 Å². The predicted octanol–water partition coefficient (Wildman–Crippen LogP) is 2.30. The third-order valence-electron chi connectivity index (χ3n) is 4.49. The number of pyridine rings is 1. The number of hydrogen-bond acceptors (Lipinski definition) is 6. The van der Waals surface area contributed by atoms with Gasteiger partial charge in [-0.3, -0.25) is 9.79 Å². The largest absolute Gasteiger partial charge is 0.397 e. The molecule has 1 aliphatic heterocycles. The van der Waals surface area contributed by atoms with E-state index in [0.29, 0.717) is 4.47 Å². The molecule has 0 bridgehead atoms. The van der Waals surface area contributed by atoms with Gasteiger partial charge in [0.05, 0.1) is 12.3 Å². The van der Waals surface area contributed by atoms with Crippen molar-refractivity contribution < 1.29 is 22.7 Å². The number of carbonyl (C=O) groups is 1. The van der Waals surface area contributed by atoms with E-state index < -0.39 is 36.2 Å². The van der Waals surface area contributed by atoms with Gasteiger partial charge < -0.3 is 21.5 Å². The van der Waals surface area contributed by atoms with Gasteiger partial charge in [-0.05, 0) is 40.6 Å². The maximum absolute atomic E-state index is 14.5. The van der Waals surface area contributed by atoms with Gasteiger partial charge in [0.25, 0.3) is 12.3 Å². The highest BCUT2D eigenvalue weighted by atomic mass is 79.9. The molecule has 0 spiro atoms. The van der Waals surface area contributed by atoms with E-state index in [1.54, 1.807) is 0 Å². The first-order chi connectivity index (χ1) is 13.2. The molecule has 7 nitrogen and oxygen atoms in total. The summed E-state index contributed by atoms with van der Waals surface area (Å²) >= 11 is 3.19. The lowest BCUT2D eigenvalue weighted by atomic mass is 9.78. The van der Waals surface area contributed by atoms with Crippen LogP contribution in [0.1, 0.15) is 16.9 Å². The summed E-state index contributed by atoms with van der Waals surface area (Å²) in [6, 6.07) is 1.50. The molecule has 28 heavy (non-hydrogen) atoms. The van der Waals surface area contributed by atoms with Crippen molar-refractivity contribution in [2.45, 2.75) is 18.4 Å². The van der Waals surface area contributed by atoms with Gasteiger partial charge in [-0.1, -0.05) is 0 Å². The maximum atomic E-state index is 14.5. The second-order valence-electron chi connectivity index (χ2n) is 6.43. The molecule has 0 radical (unpaired) electrons. The van der Waals surface area contributed by atoms with Crippen LogP contribution in [0.3, 0.4) is 0 Å². The average molecular weight is 460 g/mol. The topological polar surface area (TPSA) is 116 Å². The van der Waals surface area contributed by atoms with E-state index in [4.69, 9.17) is 16.2 Å². The predicted molar refractivity (Wildman–Crippen MR) is 100 cm³/mol. The molecular weight excluding hydrogens is 443 g/mol. The molecule has 2 heterocycles. The number of aliphatic imine (C=N–C) groups is 1. The van der Waals surface area contributed by atoms with Crippen LogP contribution in [0.15, 0.2) is 45.4 Å². The normalized spacial score (nSPS) is 25.0. The van der Waals surface area contributed by atoms with Crippen LogP contribution >= 0.6 is 15.9 Å². The summed E-state index contributed by atoms with van der Waals surface area (Å²) in [5, 5.41) is 2.54. The van der Waals surface area contributed by atoms with Crippen molar-refractivity contribution in [1.29, 1.82) is 0 Å². The fourth-order valence-corrected chi connectivity index (χ4v) is 3.48. The lowest BCUT2D eigenvalue weighted by Gasteiger charge is -2.39. The Morgan fingerprint density at radius 1 is 1.39 bits per heavy atom. The van der Waals surface area contributed by atoms with Crippen LogP contribution in [0, 0.1) is 5.92 Å². The van der Waals surface area contributed by atoms with Crippen molar-refractivity contribution in [3.8, 4) is 0 Å². The van der Waals surface area contributed by atoms with E-state index in [2.05, 4.69) is 31.2 Å². The summed E-state index contributed by atoms with van der Waals surface area (Å²) in [5.74, 6) is -2.91. The Labute approximate surface area is 166 Å². The fourth-order valence-electron chi connectivity index (χ4n) is 3.13. The minimum atomic E-state index is -3.02. The second kappa shape index (κ2) is 7.92. The van der Waals surface area contributed by atoms with Crippen LogP contribution in [0.25, 0.3) is 0 Å². The van der Waals surface area contributed by atoms with Gasteiger partial charge in [0.15, 0.2) is 11.2 Å². The molecule has 2 atom stereocenters. The van der Waals surface area contributed by atoms with Crippen LogP contribution in [0.5, 0.6) is 0 Å². The quantitative estimate of drug-likeness (QED) is 0.638. The Morgan fingerprint density at radius 2 is 2.14 bits per heavy atom. The van der Waals surface area contributed by atoms with Crippen LogP contribution in [0.4, 0.5) is 18.9 Å². The molecule has 2 aliphatic rings. The van der Waals surface area contributed by atoms with Crippen LogP contribution in [-0.2, 0) is 4.74 Å². The lowest BCUT2D eigenvalue weighted by molar-refractivity contribution is -0.0376. The van der Waals surface area contributed by atoms with Gasteiger partial charge in [0.1, 0.15) is 18.3 Å². The number of anilines is 1. The SMILES string of the molecule is NC1=N[C@](C(F)F)(C2CC(NC(=O)c3ncc(Br)cc3N)=CC=C2F)COC1. The van der Waals surface area contributed by atoms with Crippen molar-refractivity contribution in [1.82, 2.24) is 10.3 Å². The molecule has 0 aromatic carbocycles. The molecular formula is C17H17BrF3N5O2. The van der Waals surface area contributed by atoms with Crippen molar-refractivity contribution in [3.05, 3.63) is 46.1 Å². The molecule has 11 heteroatoms. The van der Waals surface area contributed by atoms with E-state index in [0.717, 1.165) is 6.08 Å². The van der Waals surface area contributed by atoms with E-state index >= 15 is 0 Å². The number of ether oxygens (including phenoxy) is 1. The van der Waals surface area contributed by atoms with Gasteiger partial charge in [0.2, 0.25) is 0 Å². The van der Waals surface area contributed by atoms with Crippen molar-refractivity contribution >= 4 is 33.4 Å². The van der Waals surface area contributed by atoms with Crippen LogP contribution in [0.2, 0.25) is 0 Å². The Hall–Kier alpha value is -2.40. The smallest absolute Gasteiger partial charge is 0.276 e. The van der Waals surface area contributed by atoms with Crippen LogP contribution in [-0.4, -0.2) is 41.9 Å². The number of amidine groups is 1. The first-order valence-corrected chi connectivity index (χ1v) is 9.01. The molecule has 0 saturated carbocycles. The summed E-state index contributed by atoms with van der Waals surface area (Å²) in [7, 11) is 0. The monoisotopic (exact) mass is 459 g/mol. The fraction of sp³-hybridized carbons (Fsp3) is 0.353. The van der Waals surface area contributed by atoms with Crippen molar-refractivity contribution in [2.24, 2.45) is 16.6 Å². The number of nitrogens with one attached hydrogen (secondary N) is 1. The lowest BCUT2D eigenvalue weighted by Crippen LogP contribution is -2.53. The van der Waals surface area contributed by atoms with E-state index in [1.807, 2.05) is 0 Å². The Bertz CT molecular complexity index is 890. The highest BCUT2D eigenvalue weighted by molar-refractivity contribution is 9.10. The van der Waals surface area contributed by atoms with Gasteiger partial charge in [-0.15, -0.1) is 0 Å². The van der Waals surface area contributed by atoms with Gasteiger partial charge >= 0.3 is 0 Å². The molecule has 0 saturated heterocycles. The first-order valence-electron chi connectivity index (χ1n) is 8.21. The molecule has 0 fully saturated rings. The zero-order chi connectivity index (χ0) is 20.5. The van der Waals surface area contributed by atoms with Crippen molar-refractivity contribution in [2.75, 3.05) is 18.9 Å². The van der Waals surface area contributed by atoms with Crippen molar-refractivity contribution in [3.63, 3.8) is 0 Å². The Morgan fingerprint density at radius 3 is 2.79 bits per heavy atom. The standard InChI is InChI=1S/C17H17BrF3N5O2/c18-8-3-12(22)14(24-5-8)15(27)25-9-1-2-11(19)10(4-9)17(16(20)21)7-28-6-13(23)26-17/h1-3,5,10,16H,4,6-7,22H2,(H2,23,26)(H,25,27)/t10?,17-/m0/s1. The van der Waals surface area contributed by atoms with E-state index in [-0.39, 0.29) is 35.9 Å². The number of nitrogens with zero attached hydrogens (tertiary/aromatic N) is 2. The summed E-state index contributed by atoms with van der Waals surface area (Å²) in [6.07, 6.45) is 0.469. The number of nitrogen functional groups attached to an aromatic ring is 1. The number of rotatable bonds is 4. The Kier molecular flexibility index (Phi) is 5.75. The first kappa shape index (κ1) is 20.3. The number of carbonyl (C=O) groups excluding carboxylic acids is 1. The highest BCUT2D eigenvalue weighted by Crippen LogP contribution is 2.42. The van der Waals surface area contributed by atoms with Gasteiger partial charge in [-0.2, -0.15) is 0 Å². The minimum absolute atomic E-state index is 0.0393. The molecule has 150 valence electrons. The second-order valence-corrected chi connectivity index (χ2v) is 7.35. The summed E-state index contributed by atoms with van der Waals surface area (Å²) < 4.78 is 47.9. The van der Waals surface area contributed by atoms with Gasteiger partial charge in [0, 0.05) is 22.3 Å². The average Bonchev–Trinajstić information content (AvgIpc) is 2.62. The summed E-state index contributed by atoms with van der Waals surface area (Å²) in [5.41, 5.74) is 9.48. The Balaban J connectivity index is 1.84. The summed E-state index contributed by atoms with van der Waals surface area (Å²) in [4.78, 5) is 20.2. The maximum Gasteiger partial charge on any atom is 0.276 e. The molecule has 1 amide bonds. The third kappa shape index (κ3) is 3.90. The van der Waals surface area contributed by atoms with E-state index in [9.17, 15) is 18.0 Å². The number of hydrogen-bond donors (Lipinski definition) is 3. The molecule has 1 aromatic heterocycles. The number of alkyl halides is 2. The number of allylic oxidation sites excluding steroid dienone is 3. The van der Waals surface area contributed by atoms with Crippen LogP contribution < -0.4 is 16.8 Å². The molecule has 1 unspecified atom stereocenters. The highest BCUT2D eigenvalue weighted by Gasteiger charge is 2.51. The third-order valence-corrected chi connectivity index (χ3v) is 4.92. The zero-order valence-corrected chi connectivity index (χ0v) is 16.0. The number of nitrogens with two attached hydrogens (primary N) is 2.